The average molecular weight is 240 g/mol. The van der Waals surface area contributed by atoms with E-state index in [-0.39, 0.29) is 5.54 Å². The minimum absolute atomic E-state index is 0.330. The predicted octanol–water partition coefficient (Wildman–Crippen LogP) is 3.39. The van der Waals surface area contributed by atoms with Crippen LogP contribution in [0.1, 0.15) is 42.4 Å². The Kier molecular flexibility index (Phi) is 2.89. The van der Waals surface area contributed by atoms with Crippen molar-refractivity contribution < 1.29 is 5.11 Å². The molecule has 0 bridgehead atoms. The van der Waals surface area contributed by atoms with Crippen LogP contribution in [0.3, 0.4) is 0 Å². The van der Waals surface area contributed by atoms with Crippen LogP contribution in [0.25, 0.3) is 0 Å². The van der Waals surface area contributed by atoms with Crippen molar-refractivity contribution >= 4 is 11.6 Å². The van der Waals surface area contributed by atoms with E-state index in [2.05, 4.69) is 0 Å². The van der Waals surface area contributed by atoms with Crippen molar-refractivity contribution in [1.29, 1.82) is 0 Å². The number of rotatable bonds is 1. The Hall–Kier alpha value is -0.730. The highest BCUT2D eigenvalue weighted by Gasteiger charge is 2.35. The van der Waals surface area contributed by atoms with Gasteiger partial charge in [-0.2, -0.15) is 0 Å². The van der Waals surface area contributed by atoms with E-state index in [9.17, 15) is 5.11 Å². The SMILES string of the molecule is Cc1cc(Cl)c(C2(N)CCCC2)c(C)c1O. The fraction of sp³-hybridized carbons (Fsp3) is 0.538. The van der Waals surface area contributed by atoms with Crippen molar-refractivity contribution in [2.75, 3.05) is 0 Å². The molecule has 0 aliphatic heterocycles. The lowest BCUT2D eigenvalue weighted by Crippen LogP contribution is -2.34. The molecule has 0 saturated heterocycles. The molecule has 1 saturated carbocycles. The van der Waals surface area contributed by atoms with E-state index in [4.69, 9.17) is 17.3 Å². The van der Waals surface area contributed by atoms with Crippen molar-refractivity contribution in [1.82, 2.24) is 0 Å². The molecule has 16 heavy (non-hydrogen) atoms. The Bertz CT molecular complexity index is 422. The maximum atomic E-state index is 9.97. The van der Waals surface area contributed by atoms with Crippen molar-refractivity contribution in [3.8, 4) is 5.75 Å². The third-order valence-corrected chi connectivity index (χ3v) is 3.98. The number of hydrogen-bond donors (Lipinski definition) is 2. The molecule has 0 radical (unpaired) electrons. The summed E-state index contributed by atoms with van der Waals surface area (Å²) in [6.07, 6.45) is 4.19. The smallest absolute Gasteiger partial charge is 0.121 e. The fourth-order valence-corrected chi connectivity index (χ4v) is 3.28. The molecule has 1 aliphatic carbocycles. The van der Waals surface area contributed by atoms with Gasteiger partial charge in [-0.25, -0.2) is 0 Å². The van der Waals surface area contributed by atoms with E-state index in [1.807, 2.05) is 19.9 Å². The average Bonchev–Trinajstić information content (AvgIpc) is 2.62. The monoisotopic (exact) mass is 239 g/mol. The molecule has 88 valence electrons. The van der Waals surface area contributed by atoms with Gasteiger partial charge in [-0.05, 0) is 49.4 Å². The summed E-state index contributed by atoms with van der Waals surface area (Å²) in [6, 6.07) is 1.81. The molecule has 0 heterocycles. The largest absolute Gasteiger partial charge is 0.507 e. The second kappa shape index (κ2) is 3.94. The van der Waals surface area contributed by atoms with Gasteiger partial charge < -0.3 is 10.8 Å². The van der Waals surface area contributed by atoms with Crippen molar-refractivity contribution in [2.24, 2.45) is 5.73 Å². The van der Waals surface area contributed by atoms with Gasteiger partial charge in [-0.1, -0.05) is 24.4 Å². The molecule has 0 aromatic heterocycles. The number of phenols is 1. The Morgan fingerprint density at radius 3 is 2.44 bits per heavy atom. The van der Waals surface area contributed by atoms with Gasteiger partial charge in [0.2, 0.25) is 0 Å². The number of halogens is 1. The summed E-state index contributed by atoms with van der Waals surface area (Å²) in [7, 11) is 0. The van der Waals surface area contributed by atoms with Gasteiger partial charge in [0.15, 0.2) is 0 Å². The first-order valence-corrected chi connectivity index (χ1v) is 6.11. The lowest BCUT2D eigenvalue weighted by Gasteiger charge is -2.28. The van der Waals surface area contributed by atoms with E-state index in [0.717, 1.165) is 42.4 Å². The lowest BCUT2D eigenvalue weighted by molar-refractivity contribution is 0.439. The number of phenolic OH excluding ortho intramolecular Hbond substituents is 1. The van der Waals surface area contributed by atoms with Gasteiger partial charge in [0, 0.05) is 10.6 Å². The second-order valence-electron chi connectivity index (χ2n) is 4.89. The Morgan fingerprint density at radius 1 is 1.31 bits per heavy atom. The minimum atomic E-state index is -0.341. The van der Waals surface area contributed by atoms with Gasteiger partial charge in [-0.3, -0.25) is 0 Å². The van der Waals surface area contributed by atoms with Crippen LogP contribution in [0.2, 0.25) is 5.02 Å². The zero-order valence-electron chi connectivity index (χ0n) is 9.81. The number of aryl methyl sites for hydroxylation is 1. The van der Waals surface area contributed by atoms with Gasteiger partial charge in [0.25, 0.3) is 0 Å². The molecule has 3 N–H and O–H groups in total. The Labute approximate surface area is 101 Å². The number of benzene rings is 1. The first-order chi connectivity index (χ1) is 7.46. The minimum Gasteiger partial charge on any atom is -0.507 e. The van der Waals surface area contributed by atoms with Gasteiger partial charge in [0.1, 0.15) is 5.75 Å². The van der Waals surface area contributed by atoms with Crippen LogP contribution in [0.5, 0.6) is 5.75 Å². The highest BCUT2D eigenvalue weighted by molar-refractivity contribution is 6.31. The van der Waals surface area contributed by atoms with Gasteiger partial charge in [0.05, 0.1) is 0 Å². The number of aromatic hydroxyl groups is 1. The highest BCUT2D eigenvalue weighted by Crippen LogP contribution is 2.44. The summed E-state index contributed by atoms with van der Waals surface area (Å²) in [5, 5.41) is 10.7. The molecule has 2 nitrogen and oxygen atoms in total. The molecular formula is C13H18ClNO. The molecule has 0 spiro atoms. The quantitative estimate of drug-likeness (QED) is 0.789. The molecule has 0 amide bonds. The summed E-state index contributed by atoms with van der Waals surface area (Å²) >= 11 is 6.29. The van der Waals surface area contributed by atoms with E-state index >= 15 is 0 Å². The van der Waals surface area contributed by atoms with Gasteiger partial charge in [-0.15, -0.1) is 0 Å². The van der Waals surface area contributed by atoms with E-state index < -0.39 is 0 Å². The van der Waals surface area contributed by atoms with Crippen LogP contribution in [-0.4, -0.2) is 5.11 Å². The van der Waals surface area contributed by atoms with Crippen molar-refractivity contribution in [3.05, 3.63) is 27.8 Å². The van der Waals surface area contributed by atoms with E-state index in [1.54, 1.807) is 0 Å². The van der Waals surface area contributed by atoms with E-state index in [1.165, 1.54) is 0 Å². The van der Waals surface area contributed by atoms with Crippen molar-refractivity contribution in [3.63, 3.8) is 0 Å². The van der Waals surface area contributed by atoms with Crippen LogP contribution >= 0.6 is 11.6 Å². The van der Waals surface area contributed by atoms with Crippen LogP contribution in [0.15, 0.2) is 6.07 Å². The topological polar surface area (TPSA) is 46.2 Å². The standard InChI is InChI=1S/C13H18ClNO/c1-8-7-10(14)11(9(2)12(8)16)13(15)5-3-4-6-13/h7,16H,3-6,15H2,1-2H3. The van der Waals surface area contributed by atoms with Crippen molar-refractivity contribution in [2.45, 2.75) is 45.1 Å². The summed E-state index contributed by atoms with van der Waals surface area (Å²) < 4.78 is 0. The maximum Gasteiger partial charge on any atom is 0.121 e. The zero-order valence-corrected chi connectivity index (χ0v) is 10.6. The Balaban J connectivity index is 2.60. The van der Waals surface area contributed by atoms with Crippen LogP contribution in [0.4, 0.5) is 0 Å². The van der Waals surface area contributed by atoms with Gasteiger partial charge >= 0.3 is 0 Å². The second-order valence-corrected chi connectivity index (χ2v) is 5.29. The first kappa shape index (κ1) is 11.7. The molecule has 0 atom stereocenters. The molecule has 3 heteroatoms. The molecule has 2 rings (SSSR count). The Morgan fingerprint density at radius 2 is 1.88 bits per heavy atom. The van der Waals surface area contributed by atoms with Crippen LogP contribution in [0, 0.1) is 13.8 Å². The third-order valence-electron chi connectivity index (χ3n) is 3.68. The number of hydrogen-bond acceptors (Lipinski definition) is 2. The molecule has 1 fully saturated rings. The lowest BCUT2D eigenvalue weighted by atomic mass is 9.85. The molecule has 0 unspecified atom stereocenters. The molecule has 1 aromatic carbocycles. The molecular weight excluding hydrogens is 222 g/mol. The highest BCUT2D eigenvalue weighted by atomic mass is 35.5. The summed E-state index contributed by atoms with van der Waals surface area (Å²) in [4.78, 5) is 0. The third kappa shape index (κ3) is 1.70. The first-order valence-electron chi connectivity index (χ1n) is 5.74. The molecule has 1 aromatic rings. The zero-order chi connectivity index (χ0) is 11.9. The summed E-state index contributed by atoms with van der Waals surface area (Å²) in [5.74, 6) is 0.330. The van der Waals surface area contributed by atoms with Crippen LogP contribution in [-0.2, 0) is 5.54 Å². The molecule has 1 aliphatic rings. The van der Waals surface area contributed by atoms with E-state index in [0.29, 0.717) is 10.8 Å². The maximum absolute atomic E-state index is 9.97. The fourth-order valence-electron chi connectivity index (χ4n) is 2.79. The predicted molar refractivity (Wildman–Crippen MR) is 66.9 cm³/mol. The normalized spacial score (nSPS) is 19.0. The summed E-state index contributed by atoms with van der Waals surface area (Å²) in [5.41, 5.74) is 8.66. The van der Waals surface area contributed by atoms with Crippen LogP contribution < -0.4 is 5.73 Å². The summed E-state index contributed by atoms with van der Waals surface area (Å²) in [6.45, 7) is 3.76. The number of nitrogens with two attached hydrogens (primary N) is 1.